The minimum atomic E-state index is -0.261. The fourth-order valence-electron chi connectivity index (χ4n) is 0.599. The topological polar surface area (TPSA) is 57.0 Å². The number of methoxy groups -OCH3 is 1. The van der Waals surface area contributed by atoms with Gasteiger partial charge >= 0.3 is 5.97 Å². The summed E-state index contributed by atoms with van der Waals surface area (Å²) in [6, 6.07) is 0. The van der Waals surface area contributed by atoms with E-state index in [2.05, 4.69) is 14.8 Å². The second-order valence-corrected chi connectivity index (χ2v) is 2.97. The second kappa shape index (κ2) is 4.10. The van der Waals surface area contributed by atoms with Crippen molar-refractivity contribution in [3.05, 3.63) is 6.33 Å². The first-order valence-corrected chi connectivity index (χ1v) is 4.26. The summed E-state index contributed by atoms with van der Waals surface area (Å²) in [4.78, 5) is 14.6. The van der Waals surface area contributed by atoms with E-state index in [0.717, 1.165) is 0 Å². The Hall–Kier alpha value is -1.04. The Morgan fingerprint density at radius 2 is 2.58 bits per heavy atom. The highest BCUT2D eigenvalue weighted by Gasteiger charge is 2.05. The summed E-state index contributed by atoms with van der Waals surface area (Å²) in [6.45, 7) is 0. The third-order valence-electron chi connectivity index (χ3n) is 1.22. The van der Waals surface area contributed by atoms with Crippen LogP contribution in [0, 0.1) is 0 Å². The van der Waals surface area contributed by atoms with Crippen LogP contribution in [-0.2, 0) is 16.6 Å². The van der Waals surface area contributed by atoms with Crippen LogP contribution in [0.2, 0.25) is 0 Å². The predicted octanol–water partition coefficient (Wildman–Crippen LogP) is 0.0802. The number of aromatic nitrogens is 3. The first kappa shape index (κ1) is 9.05. The fourth-order valence-corrected chi connectivity index (χ4v) is 1.32. The highest BCUT2D eigenvalue weighted by Crippen LogP contribution is 2.12. The third kappa shape index (κ3) is 2.23. The van der Waals surface area contributed by atoms with Gasteiger partial charge in [0, 0.05) is 7.05 Å². The Bertz CT molecular complexity index is 274. The number of ether oxygens (including phenoxy) is 1. The lowest BCUT2D eigenvalue weighted by atomic mass is 10.8. The molecule has 0 aliphatic heterocycles. The van der Waals surface area contributed by atoms with E-state index in [1.165, 1.54) is 25.2 Å². The van der Waals surface area contributed by atoms with Crippen molar-refractivity contribution in [2.75, 3.05) is 12.9 Å². The zero-order valence-electron chi connectivity index (χ0n) is 6.85. The Balaban J connectivity index is 2.43. The largest absolute Gasteiger partial charge is 0.468 e. The van der Waals surface area contributed by atoms with Gasteiger partial charge in [-0.15, -0.1) is 0 Å². The summed E-state index contributed by atoms with van der Waals surface area (Å²) in [6.07, 6.45) is 1.44. The number of thioether (sulfide) groups is 1. The summed E-state index contributed by atoms with van der Waals surface area (Å²) in [7, 11) is 3.13. The average Bonchev–Trinajstić information content (AvgIpc) is 2.47. The van der Waals surface area contributed by atoms with E-state index in [-0.39, 0.29) is 11.7 Å². The van der Waals surface area contributed by atoms with Gasteiger partial charge in [0.05, 0.1) is 12.9 Å². The van der Waals surface area contributed by atoms with Gasteiger partial charge in [-0.25, -0.2) is 9.67 Å². The number of carbonyl (C=O) groups excluding carboxylic acids is 1. The summed E-state index contributed by atoms with van der Waals surface area (Å²) in [5.41, 5.74) is 0. The molecule has 0 N–H and O–H groups in total. The zero-order valence-corrected chi connectivity index (χ0v) is 7.67. The molecule has 0 aromatic carbocycles. The minimum absolute atomic E-state index is 0.261. The van der Waals surface area contributed by atoms with Crippen LogP contribution in [0.3, 0.4) is 0 Å². The van der Waals surface area contributed by atoms with E-state index in [4.69, 9.17) is 0 Å². The molecule has 1 aromatic rings. The standard InChI is InChI=1S/C6H9N3O2S/c1-9-6(7-4-8-9)12-3-5(10)11-2/h4H,3H2,1-2H3. The molecule has 1 aromatic heterocycles. The smallest absolute Gasteiger partial charge is 0.316 e. The van der Waals surface area contributed by atoms with Crippen molar-refractivity contribution in [1.29, 1.82) is 0 Å². The first-order valence-electron chi connectivity index (χ1n) is 3.27. The molecule has 0 radical (unpaired) electrons. The lowest BCUT2D eigenvalue weighted by Crippen LogP contribution is -2.04. The van der Waals surface area contributed by atoms with Crippen LogP contribution in [0.1, 0.15) is 0 Å². The maximum Gasteiger partial charge on any atom is 0.316 e. The SMILES string of the molecule is COC(=O)CSc1ncnn1C. The van der Waals surface area contributed by atoms with E-state index < -0.39 is 0 Å². The van der Waals surface area contributed by atoms with Crippen LogP contribution >= 0.6 is 11.8 Å². The summed E-state index contributed by atoms with van der Waals surface area (Å²) in [5.74, 6) is 0.00579. The zero-order chi connectivity index (χ0) is 8.97. The number of hydrogen-bond donors (Lipinski definition) is 0. The maximum absolute atomic E-state index is 10.7. The van der Waals surface area contributed by atoms with Crippen LogP contribution in [0.4, 0.5) is 0 Å². The van der Waals surface area contributed by atoms with Gasteiger partial charge in [0.15, 0.2) is 5.16 Å². The van der Waals surface area contributed by atoms with E-state index in [1.807, 2.05) is 0 Å². The molecule has 5 nitrogen and oxygen atoms in total. The molecule has 66 valence electrons. The molecule has 0 spiro atoms. The van der Waals surface area contributed by atoms with Crippen LogP contribution in [0.5, 0.6) is 0 Å². The monoisotopic (exact) mass is 187 g/mol. The van der Waals surface area contributed by atoms with Crippen molar-refractivity contribution in [2.24, 2.45) is 7.05 Å². The number of nitrogens with zero attached hydrogens (tertiary/aromatic N) is 3. The highest BCUT2D eigenvalue weighted by molar-refractivity contribution is 7.99. The van der Waals surface area contributed by atoms with Crippen molar-refractivity contribution >= 4 is 17.7 Å². The Morgan fingerprint density at radius 1 is 1.83 bits per heavy atom. The molecule has 0 aliphatic rings. The van der Waals surface area contributed by atoms with Gasteiger partial charge in [0.2, 0.25) is 0 Å². The third-order valence-corrected chi connectivity index (χ3v) is 2.22. The molecule has 6 heteroatoms. The molecule has 0 amide bonds. The quantitative estimate of drug-likeness (QED) is 0.495. The van der Waals surface area contributed by atoms with E-state index >= 15 is 0 Å². The summed E-state index contributed by atoms with van der Waals surface area (Å²) in [5, 5.41) is 4.56. The highest BCUT2D eigenvalue weighted by atomic mass is 32.2. The number of hydrogen-bond acceptors (Lipinski definition) is 5. The molecule has 12 heavy (non-hydrogen) atoms. The van der Waals surface area contributed by atoms with E-state index in [0.29, 0.717) is 5.16 Å². The van der Waals surface area contributed by atoms with Gasteiger partial charge in [-0.2, -0.15) is 5.10 Å². The van der Waals surface area contributed by atoms with E-state index in [1.54, 1.807) is 11.7 Å². The van der Waals surface area contributed by atoms with Crippen LogP contribution < -0.4 is 0 Å². The maximum atomic E-state index is 10.7. The second-order valence-electron chi connectivity index (χ2n) is 2.03. The molecule has 1 heterocycles. The molecule has 0 aliphatic carbocycles. The fraction of sp³-hybridized carbons (Fsp3) is 0.500. The van der Waals surface area contributed by atoms with Gasteiger partial charge in [0.1, 0.15) is 6.33 Å². The minimum Gasteiger partial charge on any atom is -0.468 e. The number of rotatable bonds is 3. The molecule has 0 bridgehead atoms. The number of carbonyl (C=O) groups is 1. The number of aryl methyl sites for hydroxylation is 1. The molecular formula is C6H9N3O2S. The molecular weight excluding hydrogens is 178 g/mol. The summed E-state index contributed by atoms with van der Waals surface area (Å²) < 4.78 is 6.08. The average molecular weight is 187 g/mol. The molecule has 1 rings (SSSR count). The molecule has 0 saturated heterocycles. The normalized spacial score (nSPS) is 9.83. The summed E-state index contributed by atoms with van der Waals surface area (Å²) >= 11 is 1.30. The van der Waals surface area contributed by atoms with Gasteiger partial charge in [-0.3, -0.25) is 4.79 Å². The van der Waals surface area contributed by atoms with Gasteiger partial charge < -0.3 is 4.74 Å². The van der Waals surface area contributed by atoms with Gasteiger partial charge in [-0.1, -0.05) is 11.8 Å². The lowest BCUT2D eigenvalue weighted by molar-refractivity contribution is -0.137. The van der Waals surface area contributed by atoms with Crippen molar-refractivity contribution in [1.82, 2.24) is 14.8 Å². The van der Waals surface area contributed by atoms with E-state index in [9.17, 15) is 4.79 Å². The first-order chi connectivity index (χ1) is 5.74. The Labute approximate surface area is 74.1 Å². The van der Waals surface area contributed by atoms with Crippen molar-refractivity contribution < 1.29 is 9.53 Å². The molecule has 0 saturated carbocycles. The molecule has 0 fully saturated rings. The Morgan fingerprint density at radius 3 is 3.08 bits per heavy atom. The van der Waals surface area contributed by atoms with Crippen LogP contribution in [-0.4, -0.2) is 33.6 Å². The van der Waals surface area contributed by atoms with Crippen LogP contribution in [0.15, 0.2) is 11.5 Å². The molecule has 0 atom stereocenters. The van der Waals surface area contributed by atoms with Gasteiger partial charge in [0.25, 0.3) is 0 Å². The van der Waals surface area contributed by atoms with Crippen molar-refractivity contribution in [3.8, 4) is 0 Å². The van der Waals surface area contributed by atoms with Gasteiger partial charge in [-0.05, 0) is 0 Å². The van der Waals surface area contributed by atoms with Crippen molar-refractivity contribution in [2.45, 2.75) is 5.16 Å². The van der Waals surface area contributed by atoms with Crippen molar-refractivity contribution in [3.63, 3.8) is 0 Å². The lowest BCUT2D eigenvalue weighted by Gasteiger charge is -1.97. The number of esters is 1. The van der Waals surface area contributed by atoms with Crippen LogP contribution in [0.25, 0.3) is 0 Å². The predicted molar refractivity (Wildman–Crippen MR) is 43.7 cm³/mol. The Kier molecular flexibility index (Phi) is 3.09. The molecule has 0 unspecified atom stereocenters.